The summed E-state index contributed by atoms with van der Waals surface area (Å²) in [6.45, 7) is 0.447. The van der Waals surface area contributed by atoms with E-state index in [1.54, 1.807) is 11.6 Å². The third kappa shape index (κ3) is 3.08. The summed E-state index contributed by atoms with van der Waals surface area (Å²) < 4.78 is 1.48. The van der Waals surface area contributed by atoms with Crippen LogP contribution in [-0.4, -0.2) is 39.8 Å². The van der Waals surface area contributed by atoms with Gasteiger partial charge in [0.25, 0.3) is 4.96 Å². The molecule has 24 heavy (non-hydrogen) atoms. The van der Waals surface area contributed by atoms with Crippen molar-refractivity contribution >= 4 is 39.5 Å². The fourth-order valence-corrected chi connectivity index (χ4v) is 3.55. The third-order valence-corrected chi connectivity index (χ3v) is 4.86. The third-order valence-electron chi connectivity index (χ3n) is 3.76. The van der Waals surface area contributed by atoms with Crippen LogP contribution in [0, 0.1) is 10.1 Å². The highest BCUT2D eigenvalue weighted by molar-refractivity contribution is 7.15. The number of nitrogens with zero attached hydrogens (tertiary/aromatic N) is 4. The van der Waals surface area contributed by atoms with Crippen LogP contribution in [0.3, 0.4) is 0 Å². The lowest BCUT2D eigenvalue weighted by molar-refractivity contribution is -0.389. The van der Waals surface area contributed by atoms with Crippen molar-refractivity contribution in [2.75, 3.05) is 26.0 Å². The molecule has 0 saturated carbocycles. The molecule has 1 atom stereocenters. The summed E-state index contributed by atoms with van der Waals surface area (Å²) in [5, 5.41) is 16.9. The number of nitrogens with one attached hydrogen (secondary N) is 1. The second-order valence-electron chi connectivity index (χ2n) is 5.48. The Morgan fingerprint density at radius 3 is 2.88 bits per heavy atom. The van der Waals surface area contributed by atoms with Crippen LogP contribution in [0.25, 0.3) is 4.96 Å². The van der Waals surface area contributed by atoms with E-state index in [0.717, 1.165) is 5.56 Å². The van der Waals surface area contributed by atoms with Crippen LogP contribution in [0.1, 0.15) is 11.6 Å². The number of hydrogen-bond acceptors (Lipinski definition) is 6. The summed E-state index contributed by atoms with van der Waals surface area (Å²) >= 11 is 7.65. The number of halogens is 1. The zero-order chi connectivity index (χ0) is 17.3. The number of likely N-dealkylation sites (N-methyl/N-ethyl adjacent to an activating group) is 1. The van der Waals surface area contributed by atoms with Crippen molar-refractivity contribution in [1.29, 1.82) is 0 Å². The Morgan fingerprint density at radius 1 is 1.46 bits per heavy atom. The van der Waals surface area contributed by atoms with Gasteiger partial charge in [-0.15, -0.1) is 0 Å². The molecule has 0 saturated heterocycles. The van der Waals surface area contributed by atoms with Crippen LogP contribution in [0.15, 0.2) is 35.8 Å². The summed E-state index contributed by atoms with van der Waals surface area (Å²) in [6, 6.07) is 7.54. The summed E-state index contributed by atoms with van der Waals surface area (Å²) in [7, 11) is 3.88. The van der Waals surface area contributed by atoms with Gasteiger partial charge in [-0.25, -0.2) is 0 Å². The van der Waals surface area contributed by atoms with E-state index in [1.807, 2.05) is 43.3 Å². The number of nitro groups is 1. The number of imidazole rings is 1. The Labute approximate surface area is 147 Å². The maximum absolute atomic E-state index is 11.4. The van der Waals surface area contributed by atoms with E-state index in [0.29, 0.717) is 16.5 Å². The van der Waals surface area contributed by atoms with Crippen LogP contribution in [0.5, 0.6) is 0 Å². The first-order valence-electron chi connectivity index (χ1n) is 7.23. The zero-order valence-electron chi connectivity index (χ0n) is 13.1. The lowest BCUT2D eigenvalue weighted by Crippen LogP contribution is -2.27. The van der Waals surface area contributed by atoms with Gasteiger partial charge in [-0.3, -0.25) is 0 Å². The normalized spacial score (nSPS) is 12.7. The molecule has 0 bridgehead atoms. The average Bonchev–Trinajstić information content (AvgIpc) is 3.08. The molecule has 0 aliphatic carbocycles. The summed E-state index contributed by atoms with van der Waals surface area (Å²) in [5.41, 5.74) is 0.959. The second-order valence-corrected chi connectivity index (χ2v) is 6.76. The van der Waals surface area contributed by atoms with Crippen molar-refractivity contribution in [3.63, 3.8) is 0 Å². The predicted octanol–water partition coefficient (Wildman–Crippen LogP) is 3.67. The fourth-order valence-electron chi connectivity index (χ4n) is 2.58. The standard InChI is InChI=1S/C15H16ClN5O2S/c1-19(2)12(10-5-3-4-6-11(10)16)9-17-13-14(21(22)23)20-7-8-24-15(20)18-13/h3-8,12,17H,9H2,1-2H3. The number of thiazole rings is 1. The number of benzene rings is 1. The van der Waals surface area contributed by atoms with E-state index in [1.165, 1.54) is 15.7 Å². The monoisotopic (exact) mass is 365 g/mol. The Balaban J connectivity index is 1.88. The Bertz CT molecular complexity index is 876. The van der Waals surface area contributed by atoms with Crippen LogP contribution >= 0.6 is 22.9 Å². The van der Waals surface area contributed by atoms with Crippen molar-refractivity contribution in [2.24, 2.45) is 0 Å². The molecule has 3 aromatic rings. The topological polar surface area (TPSA) is 75.7 Å². The number of anilines is 1. The molecule has 7 nitrogen and oxygen atoms in total. The molecular weight excluding hydrogens is 350 g/mol. The molecule has 3 rings (SSSR count). The minimum Gasteiger partial charge on any atom is -0.361 e. The van der Waals surface area contributed by atoms with Gasteiger partial charge in [0.1, 0.15) is 6.20 Å². The molecule has 0 radical (unpaired) electrons. The first kappa shape index (κ1) is 16.7. The highest BCUT2D eigenvalue weighted by atomic mass is 35.5. The molecule has 0 amide bonds. The van der Waals surface area contributed by atoms with Crippen LogP contribution < -0.4 is 5.32 Å². The van der Waals surface area contributed by atoms with Crippen LogP contribution in [0.2, 0.25) is 5.02 Å². The van der Waals surface area contributed by atoms with Crippen molar-refractivity contribution in [3.8, 4) is 0 Å². The van der Waals surface area contributed by atoms with Gasteiger partial charge >= 0.3 is 5.82 Å². The largest absolute Gasteiger partial charge is 0.372 e. The van der Waals surface area contributed by atoms with Gasteiger partial charge in [0.15, 0.2) is 0 Å². The van der Waals surface area contributed by atoms with Crippen LogP contribution in [-0.2, 0) is 0 Å². The SMILES string of the molecule is CN(C)C(CNc1nc2sccn2c1[N+](=O)[O-])c1ccccc1Cl. The molecule has 1 aromatic carbocycles. The molecule has 0 aliphatic heterocycles. The van der Waals surface area contributed by atoms with E-state index in [-0.39, 0.29) is 17.7 Å². The summed E-state index contributed by atoms with van der Waals surface area (Å²) in [5.74, 6) is 0.216. The van der Waals surface area contributed by atoms with Crippen molar-refractivity contribution in [2.45, 2.75) is 6.04 Å². The maximum atomic E-state index is 11.4. The molecule has 2 aromatic heterocycles. The smallest absolute Gasteiger partial charge is 0.361 e. The highest BCUT2D eigenvalue weighted by Gasteiger charge is 2.25. The van der Waals surface area contributed by atoms with Crippen LogP contribution in [0.4, 0.5) is 11.6 Å². The van der Waals surface area contributed by atoms with Gasteiger partial charge in [0.2, 0.25) is 5.82 Å². The molecule has 0 aliphatic rings. The molecule has 2 heterocycles. The van der Waals surface area contributed by atoms with Gasteiger partial charge in [-0.2, -0.15) is 9.38 Å². The van der Waals surface area contributed by atoms with E-state index in [9.17, 15) is 10.1 Å². The van der Waals surface area contributed by atoms with E-state index >= 15 is 0 Å². The quantitative estimate of drug-likeness (QED) is 0.532. The molecule has 1 N–H and O–H groups in total. The first-order chi connectivity index (χ1) is 11.5. The van der Waals surface area contributed by atoms with Crippen molar-refractivity contribution in [1.82, 2.24) is 14.3 Å². The van der Waals surface area contributed by atoms with Crippen molar-refractivity contribution in [3.05, 3.63) is 56.5 Å². The number of hydrogen-bond donors (Lipinski definition) is 1. The molecule has 126 valence electrons. The average molecular weight is 366 g/mol. The van der Waals surface area contributed by atoms with E-state index in [2.05, 4.69) is 10.3 Å². The summed E-state index contributed by atoms with van der Waals surface area (Å²) in [6.07, 6.45) is 1.65. The number of fused-ring (bicyclic) bond motifs is 1. The van der Waals surface area contributed by atoms with Crippen molar-refractivity contribution < 1.29 is 4.92 Å². The zero-order valence-corrected chi connectivity index (χ0v) is 14.7. The number of rotatable bonds is 6. The van der Waals surface area contributed by atoms with Gasteiger partial charge < -0.3 is 20.3 Å². The van der Waals surface area contributed by atoms with Gasteiger partial charge in [-0.05, 0) is 30.6 Å². The lowest BCUT2D eigenvalue weighted by atomic mass is 10.1. The Kier molecular flexibility index (Phi) is 4.70. The highest BCUT2D eigenvalue weighted by Crippen LogP contribution is 2.30. The minimum atomic E-state index is -0.421. The summed E-state index contributed by atoms with van der Waals surface area (Å²) in [4.78, 5) is 17.9. The maximum Gasteiger partial charge on any atom is 0.372 e. The molecular formula is C15H16ClN5O2S. The first-order valence-corrected chi connectivity index (χ1v) is 8.49. The minimum absolute atomic E-state index is 0.0435. The molecule has 0 spiro atoms. The fraction of sp³-hybridized carbons (Fsp3) is 0.267. The molecule has 1 unspecified atom stereocenters. The van der Waals surface area contributed by atoms with E-state index < -0.39 is 4.92 Å². The van der Waals surface area contributed by atoms with Gasteiger partial charge in [0.05, 0.1) is 6.04 Å². The van der Waals surface area contributed by atoms with E-state index in [4.69, 9.17) is 11.6 Å². The van der Waals surface area contributed by atoms with Gasteiger partial charge in [0, 0.05) is 16.9 Å². The Hall–Kier alpha value is -2.16. The Morgan fingerprint density at radius 2 is 2.21 bits per heavy atom. The predicted molar refractivity (Wildman–Crippen MR) is 96.1 cm³/mol. The second kappa shape index (κ2) is 6.76. The van der Waals surface area contributed by atoms with Gasteiger partial charge in [-0.1, -0.05) is 41.1 Å². The molecule has 0 fully saturated rings. The lowest BCUT2D eigenvalue weighted by Gasteiger charge is -2.25. The number of aromatic nitrogens is 2. The molecule has 9 heteroatoms.